The largest absolute Gasteiger partial charge is 0.274 e. The molecule has 0 aliphatic rings. The number of aryl methyl sites for hydroxylation is 2. The third-order valence-corrected chi connectivity index (χ3v) is 4.93. The van der Waals surface area contributed by atoms with Crippen LogP contribution in [0.15, 0.2) is 53.4 Å². The van der Waals surface area contributed by atoms with E-state index in [0.29, 0.717) is 17.0 Å². The first-order valence-electron chi connectivity index (χ1n) is 6.74. The molecule has 0 bridgehead atoms. The van der Waals surface area contributed by atoms with E-state index in [1.165, 1.54) is 6.07 Å². The van der Waals surface area contributed by atoms with Gasteiger partial charge in [0.1, 0.15) is 0 Å². The van der Waals surface area contributed by atoms with Crippen LogP contribution in [0.2, 0.25) is 5.02 Å². The van der Waals surface area contributed by atoms with E-state index in [-0.39, 0.29) is 11.3 Å². The van der Waals surface area contributed by atoms with Crippen molar-refractivity contribution >= 4 is 27.5 Å². The minimum absolute atomic E-state index is 0.0749. The van der Waals surface area contributed by atoms with Crippen LogP contribution < -0.4 is 4.72 Å². The number of hydrogen-bond donors (Lipinski definition) is 1. The molecule has 2 aromatic carbocycles. The Balaban J connectivity index is 2.01. The van der Waals surface area contributed by atoms with Crippen molar-refractivity contribution in [1.82, 2.24) is 4.72 Å². The molecule has 0 aromatic heterocycles. The van der Waals surface area contributed by atoms with Gasteiger partial charge < -0.3 is 0 Å². The average Bonchev–Trinajstić information content (AvgIpc) is 2.45. The maximum Gasteiger partial charge on any atom is 0.264 e. The lowest BCUT2D eigenvalue weighted by molar-refractivity contribution is -0.119. The molecule has 2 aromatic rings. The van der Waals surface area contributed by atoms with Gasteiger partial charge >= 0.3 is 0 Å². The molecule has 4 nitrogen and oxygen atoms in total. The topological polar surface area (TPSA) is 63.2 Å². The summed E-state index contributed by atoms with van der Waals surface area (Å²) in [6.07, 6.45) is 0.501. The fraction of sp³-hybridized carbons (Fsp3) is 0.188. The molecule has 0 spiro atoms. The fourth-order valence-electron chi connectivity index (χ4n) is 2.06. The van der Waals surface area contributed by atoms with Crippen molar-refractivity contribution in [2.24, 2.45) is 0 Å². The SMILES string of the molecule is Cc1ccccc1S(=O)(=O)NC(=O)CCc1cccc(Cl)c1. The maximum atomic E-state index is 12.2. The van der Waals surface area contributed by atoms with E-state index in [1.807, 2.05) is 6.07 Å². The first-order chi connectivity index (χ1) is 10.4. The van der Waals surface area contributed by atoms with Gasteiger partial charge in [-0.3, -0.25) is 4.79 Å². The molecule has 0 fully saturated rings. The molecule has 0 saturated carbocycles. The van der Waals surface area contributed by atoms with E-state index in [0.717, 1.165) is 5.56 Å². The summed E-state index contributed by atoms with van der Waals surface area (Å²) in [6.45, 7) is 1.69. The highest BCUT2D eigenvalue weighted by atomic mass is 35.5. The highest BCUT2D eigenvalue weighted by molar-refractivity contribution is 7.90. The summed E-state index contributed by atoms with van der Waals surface area (Å²) in [5, 5.41) is 0.588. The number of hydrogen-bond acceptors (Lipinski definition) is 3. The molecule has 116 valence electrons. The van der Waals surface area contributed by atoms with Crippen molar-refractivity contribution < 1.29 is 13.2 Å². The van der Waals surface area contributed by atoms with E-state index in [4.69, 9.17) is 11.6 Å². The number of amides is 1. The van der Waals surface area contributed by atoms with Gasteiger partial charge in [0.25, 0.3) is 10.0 Å². The summed E-state index contributed by atoms with van der Waals surface area (Å²) < 4.78 is 26.5. The van der Waals surface area contributed by atoms with Crippen LogP contribution >= 0.6 is 11.6 Å². The monoisotopic (exact) mass is 337 g/mol. The maximum absolute atomic E-state index is 12.2. The van der Waals surface area contributed by atoms with Crippen molar-refractivity contribution in [3.05, 3.63) is 64.7 Å². The zero-order chi connectivity index (χ0) is 16.2. The molecule has 6 heteroatoms. The zero-order valence-electron chi connectivity index (χ0n) is 12.0. The number of nitrogens with one attached hydrogen (secondary N) is 1. The Kier molecular flexibility index (Phi) is 5.21. The minimum Gasteiger partial charge on any atom is -0.274 e. The summed E-state index contributed by atoms with van der Waals surface area (Å²) in [4.78, 5) is 12.0. The van der Waals surface area contributed by atoms with Gasteiger partial charge in [-0.05, 0) is 42.7 Å². The zero-order valence-corrected chi connectivity index (χ0v) is 13.6. The highest BCUT2D eigenvalue weighted by Crippen LogP contribution is 2.15. The molecule has 0 radical (unpaired) electrons. The van der Waals surface area contributed by atoms with Crippen molar-refractivity contribution in [2.75, 3.05) is 0 Å². The Morgan fingerprint density at radius 2 is 1.86 bits per heavy atom. The number of halogens is 1. The molecule has 0 aliphatic carbocycles. The van der Waals surface area contributed by atoms with Gasteiger partial charge in [-0.25, -0.2) is 13.1 Å². The normalized spacial score (nSPS) is 11.2. The van der Waals surface area contributed by atoms with Gasteiger partial charge in [-0.1, -0.05) is 41.9 Å². The van der Waals surface area contributed by atoms with Crippen molar-refractivity contribution in [3.8, 4) is 0 Å². The van der Waals surface area contributed by atoms with Crippen LogP contribution in [0, 0.1) is 6.92 Å². The second-order valence-corrected chi connectivity index (χ2v) is 7.01. The lowest BCUT2D eigenvalue weighted by Crippen LogP contribution is -2.31. The number of rotatable bonds is 5. The molecular weight excluding hydrogens is 322 g/mol. The summed E-state index contributed by atoms with van der Waals surface area (Å²) in [7, 11) is -3.83. The van der Waals surface area contributed by atoms with Crippen LogP contribution in [0.5, 0.6) is 0 Å². The van der Waals surface area contributed by atoms with E-state index >= 15 is 0 Å². The van der Waals surface area contributed by atoms with Gasteiger partial charge in [0.2, 0.25) is 5.91 Å². The second-order valence-electron chi connectivity index (χ2n) is 4.92. The quantitative estimate of drug-likeness (QED) is 0.911. The highest BCUT2D eigenvalue weighted by Gasteiger charge is 2.19. The second kappa shape index (κ2) is 6.94. The molecule has 0 saturated heterocycles. The first-order valence-corrected chi connectivity index (χ1v) is 8.60. The fourth-order valence-corrected chi connectivity index (χ4v) is 3.54. The van der Waals surface area contributed by atoms with Gasteiger partial charge in [-0.2, -0.15) is 0 Å². The molecule has 1 N–H and O–H groups in total. The van der Waals surface area contributed by atoms with Crippen LogP contribution in [-0.4, -0.2) is 14.3 Å². The summed E-state index contributed by atoms with van der Waals surface area (Å²) >= 11 is 5.87. The third kappa shape index (κ3) is 4.32. The van der Waals surface area contributed by atoms with Crippen molar-refractivity contribution in [1.29, 1.82) is 0 Å². The van der Waals surface area contributed by atoms with Crippen molar-refractivity contribution in [2.45, 2.75) is 24.7 Å². The average molecular weight is 338 g/mol. The predicted molar refractivity (Wildman–Crippen MR) is 86.3 cm³/mol. The van der Waals surface area contributed by atoms with E-state index in [9.17, 15) is 13.2 Å². The molecule has 0 heterocycles. The van der Waals surface area contributed by atoms with Crippen LogP contribution in [0.1, 0.15) is 17.5 Å². The Hall–Kier alpha value is -1.85. The molecule has 0 atom stereocenters. The van der Waals surface area contributed by atoms with Crippen LogP contribution in [0.25, 0.3) is 0 Å². The Morgan fingerprint density at radius 1 is 1.14 bits per heavy atom. The van der Waals surface area contributed by atoms with Crippen LogP contribution in [0.4, 0.5) is 0 Å². The van der Waals surface area contributed by atoms with E-state index in [2.05, 4.69) is 4.72 Å². The Bertz CT molecular complexity index is 787. The Morgan fingerprint density at radius 3 is 2.55 bits per heavy atom. The number of carbonyl (C=O) groups excluding carboxylic acids is 1. The van der Waals surface area contributed by atoms with Crippen LogP contribution in [-0.2, 0) is 21.2 Å². The minimum atomic E-state index is -3.83. The molecule has 22 heavy (non-hydrogen) atoms. The summed E-state index contributed by atoms with van der Waals surface area (Å²) in [6, 6.07) is 13.7. The standard InChI is InChI=1S/C16H16ClNO3S/c1-12-5-2-3-8-15(12)22(20,21)18-16(19)10-9-13-6-4-7-14(17)11-13/h2-8,11H,9-10H2,1H3,(H,18,19). The summed E-state index contributed by atoms with van der Waals surface area (Å²) in [5.41, 5.74) is 1.48. The molecule has 2 rings (SSSR count). The van der Waals surface area contributed by atoms with Gasteiger partial charge in [0, 0.05) is 11.4 Å². The summed E-state index contributed by atoms with van der Waals surface area (Å²) in [5.74, 6) is -0.539. The molecule has 0 unspecified atom stereocenters. The smallest absolute Gasteiger partial charge is 0.264 e. The predicted octanol–water partition coefficient (Wildman–Crippen LogP) is 3.09. The number of carbonyl (C=O) groups is 1. The van der Waals surface area contributed by atoms with Gasteiger partial charge in [-0.15, -0.1) is 0 Å². The van der Waals surface area contributed by atoms with Crippen LogP contribution in [0.3, 0.4) is 0 Å². The first kappa shape index (κ1) is 16.5. The van der Waals surface area contributed by atoms with E-state index in [1.54, 1.807) is 43.3 Å². The lowest BCUT2D eigenvalue weighted by atomic mass is 10.1. The van der Waals surface area contributed by atoms with Gasteiger partial charge in [0.15, 0.2) is 0 Å². The van der Waals surface area contributed by atoms with E-state index < -0.39 is 15.9 Å². The number of benzene rings is 2. The third-order valence-electron chi connectivity index (χ3n) is 3.16. The number of sulfonamides is 1. The molecule has 1 amide bonds. The Labute approximate surface area is 135 Å². The van der Waals surface area contributed by atoms with Gasteiger partial charge in [0.05, 0.1) is 4.90 Å². The lowest BCUT2D eigenvalue weighted by Gasteiger charge is -2.09. The molecular formula is C16H16ClNO3S. The van der Waals surface area contributed by atoms with Crippen molar-refractivity contribution in [3.63, 3.8) is 0 Å². The molecule has 0 aliphatic heterocycles.